The smallest absolute Gasteiger partial charge is 0.0622 e. The van der Waals surface area contributed by atoms with Crippen molar-refractivity contribution in [2.75, 3.05) is 33.4 Å². The Morgan fingerprint density at radius 3 is 2.67 bits per heavy atom. The molecule has 2 N–H and O–H groups in total. The lowest BCUT2D eigenvalue weighted by Crippen LogP contribution is -2.38. The van der Waals surface area contributed by atoms with Gasteiger partial charge in [0.25, 0.3) is 0 Å². The predicted molar refractivity (Wildman–Crippen MR) is 63.9 cm³/mol. The third-order valence-electron chi connectivity index (χ3n) is 3.21. The third-order valence-corrected chi connectivity index (χ3v) is 3.21. The van der Waals surface area contributed by atoms with Crippen LogP contribution in [-0.2, 0) is 4.74 Å². The lowest BCUT2D eigenvalue weighted by molar-refractivity contribution is 0.146. The summed E-state index contributed by atoms with van der Waals surface area (Å²) >= 11 is 0. The average molecular weight is 214 g/mol. The topological polar surface area (TPSA) is 38.5 Å². The van der Waals surface area contributed by atoms with Gasteiger partial charge in [-0.2, -0.15) is 0 Å². The predicted octanol–water partition coefficient (Wildman–Crippen LogP) is 1.33. The maximum absolute atomic E-state index is 5.81. The molecule has 1 heterocycles. The quantitative estimate of drug-likeness (QED) is 0.725. The monoisotopic (exact) mass is 214 g/mol. The highest BCUT2D eigenvalue weighted by molar-refractivity contribution is 4.76. The van der Waals surface area contributed by atoms with Gasteiger partial charge in [-0.05, 0) is 38.3 Å². The Bertz CT molecular complexity index is 167. The van der Waals surface area contributed by atoms with E-state index in [0.717, 1.165) is 32.2 Å². The molecule has 1 fully saturated rings. The van der Waals surface area contributed by atoms with Gasteiger partial charge in [0, 0.05) is 19.2 Å². The molecule has 0 aromatic rings. The SMILES string of the molecule is CC(C)CC(CN)CN(C)C1CCOC1. The molecular formula is C12H26N2O. The molecule has 0 aromatic carbocycles. The van der Waals surface area contributed by atoms with Crippen LogP contribution in [0, 0.1) is 11.8 Å². The van der Waals surface area contributed by atoms with E-state index < -0.39 is 0 Å². The molecule has 0 saturated carbocycles. The molecule has 2 atom stereocenters. The molecule has 0 amide bonds. The second-order valence-electron chi connectivity index (χ2n) is 5.19. The Morgan fingerprint density at radius 1 is 1.47 bits per heavy atom. The summed E-state index contributed by atoms with van der Waals surface area (Å²) in [6.45, 7) is 8.27. The first-order chi connectivity index (χ1) is 7.13. The second kappa shape index (κ2) is 6.46. The standard InChI is InChI=1S/C12H26N2O/c1-10(2)6-11(7-13)8-14(3)12-4-5-15-9-12/h10-12H,4-9,13H2,1-3H3. The lowest BCUT2D eigenvalue weighted by Gasteiger charge is -2.28. The molecule has 3 heteroatoms. The number of hydrogen-bond donors (Lipinski definition) is 1. The summed E-state index contributed by atoms with van der Waals surface area (Å²) < 4.78 is 5.40. The van der Waals surface area contributed by atoms with E-state index in [1.54, 1.807) is 0 Å². The van der Waals surface area contributed by atoms with Crippen LogP contribution in [-0.4, -0.2) is 44.3 Å². The van der Waals surface area contributed by atoms with Gasteiger partial charge in [0.05, 0.1) is 6.61 Å². The zero-order chi connectivity index (χ0) is 11.3. The zero-order valence-electron chi connectivity index (χ0n) is 10.4. The van der Waals surface area contributed by atoms with Crippen molar-refractivity contribution in [1.29, 1.82) is 0 Å². The van der Waals surface area contributed by atoms with Gasteiger partial charge in [-0.3, -0.25) is 0 Å². The number of hydrogen-bond acceptors (Lipinski definition) is 3. The molecule has 1 saturated heterocycles. The first kappa shape index (κ1) is 12.9. The van der Waals surface area contributed by atoms with Gasteiger partial charge in [-0.25, -0.2) is 0 Å². The van der Waals surface area contributed by atoms with E-state index in [4.69, 9.17) is 10.5 Å². The third kappa shape index (κ3) is 4.49. The molecule has 0 radical (unpaired) electrons. The highest BCUT2D eigenvalue weighted by Crippen LogP contribution is 2.16. The van der Waals surface area contributed by atoms with Gasteiger partial charge in [0.15, 0.2) is 0 Å². The molecular weight excluding hydrogens is 188 g/mol. The highest BCUT2D eigenvalue weighted by Gasteiger charge is 2.22. The number of rotatable bonds is 6. The van der Waals surface area contributed by atoms with Crippen molar-refractivity contribution in [2.24, 2.45) is 17.6 Å². The fourth-order valence-corrected chi connectivity index (χ4v) is 2.34. The summed E-state index contributed by atoms with van der Waals surface area (Å²) in [5.41, 5.74) is 5.81. The van der Waals surface area contributed by atoms with Gasteiger partial charge >= 0.3 is 0 Å². The van der Waals surface area contributed by atoms with Crippen LogP contribution in [0.25, 0.3) is 0 Å². The van der Waals surface area contributed by atoms with E-state index in [1.165, 1.54) is 12.8 Å². The molecule has 90 valence electrons. The van der Waals surface area contributed by atoms with Crippen LogP contribution < -0.4 is 5.73 Å². The van der Waals surface area contributed by atoms with Crippen molar-refractivity contribution < 1.29 is 4.74 Å². The van der Waals surface area contributed by atoms with Gasteiger partial charge < -0.3 is 15.4 Å². The van der Waals surface area contributed by atoms with Crippen molar-refractivity contribution in [3.05, 3.63) is 0 Å². The molecule has 0 aromatic heterocycles. The summed E-state index contributed by atoms with van der Waals surface area (Å²) in [5, 5.41) is 0. The Morgan fingerprint density at radius 2 is 2.20 bits per heavy atom. The Balaban J connectivity index is 2.29. The number of nitrogens with two attached hydrogens (primary N) is 1. The van der Waals surface area contributed by atoms with Crippen LogP contribution in [0.4, 0.5) is 0 Å². The second-order valence-corrected chi connectivity index (χ2v) is 5.19. The zero-order valence-corrected chi connectivity index (χ0v) is 10.4. The molecule has 3 nitrogen and oxygen atoms in total. The van der Waals surface area contributed by atoms with Crippen molar-refractivity contribution in [2.45, 2.75) is 32.7 Å². The molecule has 0 aliphatic carbocycles. The minimum atomic E-state index is 0.617. The molecule has 15 heavy (non-hydrogen) atoms. The minimum Gasteiger partial charge on any atom is -0.380 e. The highest BCUT2D eigenvalue weighted by atomic mass is 16.5. The molecule has 1 aliphatic rings. The summed E-state index contributed by atoms with van der Waals surface area (Å²) in [5.74, 6) is 1.38. The fraction of sp³-hybridized carbons (Fsp3) is 1.00. The number of ether oxygens (including phenoxy) is 1. The van der Waals surface area contributed by atoms with Crippen molar-refractivity contribution in [3.63, 3.8) is 0 Å². The largest absolute Gasteiger partial charge is 0.380 e. The Labute approximate surface area is 94.0 Å². The van der Waals surface area contributed by atoms with Gasteiger partial charge in [0.1, 0.15) is 0 Å². The molecule has 2 unspecified atom stereocenters. The van der Waals surface area contributed by atoms with E-state index in [-0.39, 0.29) is 0 Å². The van der Waals surface area contributed by atoms with E-state index >= 15 is 0 Å². The summed E-state index contributed by atoms with van der Waals surface area (Å²) in [7, 11) is 2.20. The Kier molecular flexibility index (Phi) is 5.58. The van der Waals surface area contributed by atoms with Crippen LogP contribution in [0.15, 0.2) is 0 Å². The van der Waals surface area contributed by atoms with E-state index in [1.807, 2.05) is 0 Å². The summed E-state index contributed by atoms with van der Waals surface area (Å²) in [6, 6.07) is 0.617. The Hall–Kier alpha value is -0.120. The summed E-state index contributed by atoms with van der Waals surface area (Å²) in [4.78, 5) is 2.42. The number of nitrogens with zero attached hydrogens (tertiary/aromatic N) is 1. The normalized spacial score (nSPS) is 24.0. The first-order valence-corrected chi connectivity index (χ1v) is 6.11. The van der Waals surface area contributed by atoms with Gasteiger partial charge in [0.2, 0.25) is 0 Å². The minimum absolute atomic E-state index is 0.617. The fourth-order valence-electron chi connectivity index (χ4n) is 2.34. The molecule has 0 spiro atoms. The first-order valence-electron chi connectivity index (χ1n) is 6.11. The van der Waals surface area contributed by atoms with Crippen LogP contribution in [0.5, 0.6) is 0 Å². The average Bonchev–Trinajstić information content (AvgIpc) is 2.68. The maximum Gasteiger partial charge on any atom is 0.0622 e. The molecule has 1 rings (SSSR count). The van der Waals surface area contributed by atoms with Crippen molar-refractivity contribution in [1.82, 2.24) is 4.90 Å². The maximum atomic E-state index is 5.81. The van der Waals surface area contributed by atoms with Gasteiger partial charge in [-0.1, -0.05) is 13.8 Å². The van der Waals surface area contributed by atoms with Gasteiger partial charge in [-0.15, -0.1) is 0 Å². The van der Waals surface area contributed by atoms with Crippen LogP contribution >= 0.6 is 0 Å². The molecule has 0 bridgehead atoms. The molecule has 1 aliphatic heterocycles. The van der Waals surface area contributed by atoms with E-state index in [2.05, 4.69) is 25.8 Å². The lowest BCUT2D eigenvalue weighted by atomic mass is 9.96. The van der Waals surface area contributed by atoms with Crippen molar-refractivity contribution in [3.8, 4) is 0 Å². The van der Waals surface area contributed by atoms with Crippen LogP contribution in [0.3, 0.4) is 0 Å². The summed E-state index contributed by atoms with van der Waals surface area (Å²) in [6.07, 6.45) is 2.41. The number of likely N-dealkylation sites (N-methyl/N-ethyl adjacent to an activating group) is 1. The van der Waals surface area contributed by atoms with Crippen LogP contribution in [0.2, 0.25) is 0 Å². The van der Waals surface area contributed by atoms with E-state index in [0.29, 0.717) is 12.0 Å². The van der Waals surface area contributed by atoms with Crippen LogP contribution in [0.1, 0.15) is 26.7 Å². The van der Waals surface area contributed by atoms with Crippen molar-refractivity contribution >= 4 is 0 Å². The van der Waals surface area contributed by atoms with E-state index in [9.17, 15) is 0 Å².